The smallest absolute Gasteiger partial charge is 0.342 e. The van der Waals surface area contributed by atoms with Crippen LogP contribution in [0.25, 0.3) is 0 Å². The second kappa shape index (κ2) is 7.14. The third-order valence-corrected chi connectivity index (χ3v) is 4.79. The van der Waals surface area contributed by atoms with E-state index in [2.05, 4.69) is 9.46 Å². The summed E-state index contributed by atoms with van der Waals surface area (Å²) in [5.74, 6) is -2.11. The minimum absolute atomic E-state index is 0.0101. The van der Waals surface area contributed by atoms with Crippen LogP contribution in [-0.2, 0) is 19.6 Å². The molecule has 1 aromatic rings. The average Bonchev–Trinajstić information content (AvgIpc) is 2.71. The topological polar surface area (TPSA) is 123 Å². The number of nitrogens with one attached hydrogen (secondary N) is 1. The Balaban J connectivity index is 3.33. The van der Waals surface area contributed by atoms with Gasteiger partial charge in [-0.1, -0.05) is 13.8 Å². The van der Waals surface area contributed by atoms with E-state index in [1.807, 2.05) is 0 Å². The maximum Gasteiger partial charge on any atom is 0.342 e. The molecule has 8 nitrogen and oxygen atoms in total. The van der Waals surface area contributed by atoms with Gasteiger partial charge in [-0.3, -0.25) is 4.79 Å². The Morgan fingerprint density at radius 1 is 1.26 bits per heavy atom. The molecular formula is C14H21NO7S. The first-order valence-electron chi connectivity index (χ1n) is 6.94. The van der Waals surface area contributed by atoms with Gasteiger partial charge in [0, 0.05) is 0 Å². The van der Waals surface area contributed by atoms with E-state index < -0.39 is 32.9 Å². The van der Waals surface area contributed by atoms with Crippen molar-refractivity contribution in [2.24, 2.45) is 5.92 Å². The van der Waals surface area contributed by atoms with E-state index in [9.17, 15) is 23.1 Å². The maximum atomic E-state index is 12.6. The lowest BCUT2D eigenvalue weighted by molar-refractivity contribution is -0.139. The highest BCUT2D eigenvalue weighted by Crippen LogP contribution is 2.27. The summed E-state index contributed by atoms with van der Waals surface area (Å²) in [4.78, 5) is 22.7. The second-order valence-corrected chi connectivity index (χ2v) is 7.20. The molecule has 0 amide bonds. The second-order valence-electron chi connectivity index (χ2n) is 5.55. The van der Waals surface area contributed by atoms with Crippen molar-refractivity contribution in [1.82, 2.24) is 4.72 Å². The molecule has 23 heavy (non-hydrogen) atoms. The first-order chi connectivity index (χ1) is 10.5. The standard InChI is InChI=1S/C14H21NO7S/c1-7(2)6-10(13(16)17)15-23(19,20)12-9(4)22-8(3)11(12)14(18)21-5/h7,10,15H,6H2,1-5H3,(H,16,17)/t10-/m1/s1. The normalized spacial score (nSPS) is 13.1. The van der Waals surface area contributed by atoms with Crippen LogP contribution >= 0.6 is 0 Å². The number of ether oxygens (including phenoxy) is 1. The maximum absolute atomic E-state index is 12.6. The molecule has 0 radical (unpaired) electrons. The quantitative estimate of drug-likeness (QED) is 0.716. The van der Waals surface area contributed by atoms with Gasteiger partial charge in [0.1, 0.15) is 28.0 Å². The third-order valence-electron chi connectivity index (χ3n) is 3.17. The van der Waals surface area contributed by atoms with Gasteiger partial charge in [-0.15, -0.1) is 0 Å². The molecule has 0 aliphatic heterocycles. The summed E-state index contributed by atoms with van der Waals surface area (Å²) in [6, 6.07) is -1.31. The highest BCUT2D eigenvalue weighted by atomic mass is 32.2. The number of carbonyl (C=O) groups excluding carboxylic acids is 1. The van der Waals surface area contributed by atoms with Gasteiger partial charge in [-0.2, -0.15) is 4.72 Å². The molecule has 0 unspecified atom stereocenters. The van der Waals surface area contributed by atoms with E-state index in [1.54, 1.807) is 13.8 Å². The number of esters is 1. The molecule has 1 heterocycles. The number of hydrogen-bond acceptors (Lipinski definition) is 6. The van der Waals surface area contributed by atoms with E-state index in [-0.39, 0.29) is 29.4 Å². The van der Waals surface area contributed by atoms with Gasteiger partial charge in [-0.25, -0.2) is 13.2 Å². The summed E-state index contributed by atoms with van der Waals surface area (Å²) in [5.41, 5.74) is -0.230. The van der Waals surface area contributed by atoms with Crippen LogP contribution in [0.15, 0.2) is 9.31 Å². The Morgan fingerprint density at radius 2 is 1.83 bits per heavy atom. The lowest BCUT2D eigenvalue weighted by Crippen LogP contribution is -2.42. The predicted octanol–water partition coefficient (Wildman–Crippen LogP) is 1.46. The number of methoxy groups -OCH3 is 1. The first-order valence-corrected chi connectivity index (χ1v) is 8.43. The first kappa shape index (κ1) is 19.2. The number of rotatable bonds is 7. The number of hydrogen-bond donors (Lipinski definition) is 2. The van der Waals surface area contributed by atoms with Gasteiger partial charge in [-0.05, 0) is 26.2 Å². The fraction of sp³-hybridized carbons (Fsp3) is 0.571. The number of carboxylic acids is 1. The van der Waals surface area contributed by atoms with Crippen LogP contribution in [0.2, 0.25) is 0 Å². The molecule has 1 aromatic heterocycles. The van der Waals surface area contributed by atoms with E-state index >= 15 is 0 Å². The molecule has 0 spiro atoms. The van der Waals surface area contributed by atoms with Gasteiger partial charge in [0.25, 0.3) is 0 Å². The highest BCUT2D eigenvalue weighted by Gasteiger charge is 2.34. The van der Waals surface area contributed by atoms with Crippen LogP contribution in [0.4, 0.5) is 0 Å². The third kappa shape index (κ3) is 4.32. The Labute approximate surface area is 134 Å². The molecule has 0 aliphatic carbocycles. The molecular weight excluding hydrogens is 326 g/mol. The Hall–Kier alpha value is -1.87. The minimum Gasteiger partial charge on any atom is -0.480 e. The van der Waals surface area contributed by atoms with E-state index in [1.165, 1.54) is 13.8 Å². The van der Waals surface area contributed by atoms with Crippen molar-refractivity contribution in [2.45, 2.75) is 45.1 Å². The number of sulfonamides is 1. The predicted molar refractivity (Wildman–Crippen MR) is 80.7 cm³/mol. The van der Waals surface area contributed by atoms with Crippen LogP contribution in [0.5, 0.6) is 0 Å². The van der Waals surface area contributed by atoms with Crippen LogP contribution in [-0.4, -0.2) is 38.6 Å². The monoisotopic (exact) mass is 347 g/mol. The molecule has 1 rings (SSSR count). The summed E-state index contributed by atoms with van der Waals surface area (Å²) in [6.45, 7) is 6.36. The van der Waals surface area contributed by atoms with Crippen molar-refractivity contribution in [1.29, 1.82) is 0 Å². The van der Waals surface area contributed by atoms with Crippen molar-refractivity contribution in [3.63, 3.8) is 0 Å². The SMILES string of the molecule is COC(=O)c1c(C)oc(C)c1S(=O)(=O)N[C@H](CC(C)C)C(=O)O. The lowest BCUT2D eigenvalue weighted by atomic mass is 10.1. The van der Waals surface area contributed by atoms with Gasteiger partial charge >= 0.3 is 11.9 Å². The summed E-state index contributed by atoms with van der Waals surface area (Å²) in [7, 11) is -3.15. The zero-order valence-electron chi connectivity index (χ0n) is 13.7. The number of carbonyl (C=O) groups is 2. The van der Waals surface area contributed by atoms with Gasteiger partial charge in [0.2, 0.25) is 10.0 Å². The van der Waals surface area contributed by atoms with Gasteiger partial charge in [0.15, 0.2) is 0 Å². The number of aliphatic carboxylic acids is 1. The summed E-state index contributed by atoms with van der Waals surface area (Å²) in [5, 5.41) is 9.19. The summed E-state index contributed by atoms with van der Waals surface area (Å²) < 4.78 is 37.0. The van der Waals surface area contributed by atoms with Crippen LogP contribution < -0.4 is 4.72 Å². The molecule has 9 heteroatoms. The van der Waals surface area contributed by atoms with E-state index in [0.717, 1.165) is 7.11 Å². The van der Waals surface area contributed by atoms with Crippen LogP contribution in [0, 0.1) is 19.8 Å². The zero-order chi connectivity index (χ0) is 17.9. The van der Waals surface area contributed by atoms with Crippen molar-refractivity contribution in [2.75, 3.05) is 7.11 Å². The average molecular weight is 347 g/mol. The molecule has 0 aromatic carbocycles. The molecule has 2 N–H and O–H groups in total. The van der Waals surface area contributed by atoms with Crippen molar-refractivity contribution < 1.29 is 32.3 Å². The van der Waals surface area contributed by atoms with Crippen molar-refractivity contribution in [3.05, 3.63) is 17.1 Å². The van der Waals surface area contributed by atoms with Gasteiger partial charge in [0.05, 0.1) is 7.11 Å². The van der Waals surface area contributed by atoms with Crippen LogP contribution in [0.1, 0.15) is 42.1 Å². The molecule has 0 saturated heterocycles. The highest BCUT2D eigenvalue weighted by molar-refractivity contribution is 7.89. The van der Waals surface area contributed by atoms with Crippen molar-refractivity contribution in [3.8, 4) is 0 Å². The number of carboxylic acid groups (broad SMARTS) is 1. The van der Waals surface area contributed by atoms with Gasteiger partial charge < -0.3 is 14.3 Å². The summed E-state index contributed by atoms with van der Waals surface area (Å²) in [6.07, 6.45) is 0.109. The van der Waals surface area contributed by atoms with E-state index in [0.29, 0.717) is 0 Å². The molecule has 0 fully saturated rings. The Bertz CT molecular complexity index is 703. The lowest BCUT2D eigenvalue weighted by Gasteiger charge is -2.16. The molecule has 1 atom stereocenters. The molecule has 0 saturated carbocycles. The zero-order valence-corrected chi connectivity index (χ0v) is 14.5. The number of aryl methyl sites for hydroxylation is 2. The number of furan rings is 1. The Kier molecular flexibility index (Phi) is 5.95. The summed E-state index contributed by atoms with van der Waals surface area (Å²) >= 11 is 0. The molecule has 0 bridgehead atoms. The fourth-order valence-electron chi connectivity index (χ4n) is 2.24. The Morgan fingerprint density at radius 3 is 2.26 bits per heavy atom. The molecule has 0 aliphatic rings. The van der Waals surface area contributed by atoms with Crippen molar-refractivity contribution >= 4 is 22.0 Å². The van der Waals surface area contributed by atoms with E-state index in [4.69, 9.17) is 4.42 Å². The van der Waals surface area contributed by atoms with Crippen LogP contribution in [0.3, 0.4) is 0 Å². The fourth-order valence-corrected chi connectivity index (χ4v) is 3.85. The largest absolute Gasteiger partial charge is 0.480 e. The minimum atomic E-state index is -4.27. The molecule has 130 valence electrons.